The number of unbranched alkanes of at least 4 members (excludes halogenated alkanes) is 1. The lowest BCUT2D eigenvalue weighted by atomic mass is 10.1. The van der Waals surface area contributed by atoms with Crippen LogP contribution in [-0.2, 0) is 19.6 Å². The van der Waals surface area contributed by atoms with Gasteiger partial charge in [-0.1, -0.05) is 45.7 Å². The van der Waals surface area contributed by atoms with Gasteiger partial charge >= 0.3 is 0 Å². The van der Waals surface area contributed by atoms with E-state index in [0.717, 1.165) is 12.8 Å². The number of nitrogens with zero attached hydrogens (tertiary/aromatic N) is 1. The van der Waals surface area contributed by atoms with E-state index in [1.165, 1.54) is 6.07 Å². The number of benzene rings is 1. The van der Waals surface area contributed by atoms with Crippen LogP contribution in [0.4, 0.5) is 0 Å². The summed E-state index contributed by atoms with van der Waals surface area (Å²) >= 11 is 0. The number of hydrogen-bond acceptors (Lipinski definition) is 5. The molecule has 3 N–H and O–H groups in total. The monoisotopic (exact) mass is 408 g/mol. The molecule has 154 valence electrons. The van der Waals surface area contributed by atoms with Crippen molar-refractivity contribution in [2.45, 2.75) is 51.0 Å². The van der Waals surface area contributed by atoms with Gasteiger partial charge in [-0.2, -0.15) is 0 Å². The average Bonchev–Trinajstić information content (AvgIpc) is 2.92. The molecule has 0 aliphatic carbocycles. The Balaban J connectivity index is 2.08. The summed E-state index contributed by atoms with van der Waals surface area (Å²) in [5, 5.41) is 5.50. The average molecular weight is 409 g/mol. The Morgan fingerprint density at radius 1 is 1.11 bits per heavy atom. The molecule has 1 aromatic carbocycles. The van der Waals surface area contributed by atoms with Crippen molar-refractivity contribution in [2.24, 2.45) is 10.9 Å². The lowest BCUT2D eigenvalue weighted by Gasteiger charge is -2.14. The molecule has 0 spiro atoms. The van der Waals surface area contributed by atoms with Crippen molar-refractivity contribution in [3.63, 3.8) is 0 Å². The number of amidine groups is 1. The summed E-state index contributed by atoms with van der Waals surface area (Å²) in [6, 6.07) is 5.86. The van der Waals surface area contributed by atoms with Crippen molar-refractivity contribution in [3.8, 4) is 0 Å². The van der Waals surface area contributed by atoms with Gasteiger partial charge in [-0.15, -0.1) is 0 Å². The second kappa shape index (κ2) is 9.68. The molecule has 0 aromatic heterocycles. The number of hydrogen-bond donors (Lipinski definition) is 3. The summed E-state index contributed by atoms with van der Waals surface area (Å²) in [7, 11) is -3.65. The van der Waals surface area contributed by atoms with Crippen LogP contribution in [0.2, 0.25) is 0 Å². The number of sulfonamides is 1. The molecule has 1 atom stereocenters. The van der Waals surface area contributed by atoms with Crippen molar-refractivity contribution >= 4 is 27.7 Å². The van der Waals surface area contributed by atoms with E-state index in [4.69, 9.17) is 0 Å². The van der Waals surface area contributed by atoms with Crippen LogP contribution in [0, 0.1) is 5.92 Å². The molecule has 1 aromatic rings. The highest BCUT2D eigenvalue weighted by molar-refractivity contribution is 7.90. The van der Waals surface area contributed by atoms with Gasteiger partial charge in [0, 0.05) is 24.6 Å². The zero-order valence-electron chi connectivity index (χ0n) is 16.5. The minimum Gasteiger partial charge on any atom is -0.354 e. The molecule has 0 fully saturated rings. The van der Waals surface area contributed by atoms with E-state index in [0.29, 0.717) is 18.5 Å². The first-order valence-corrected chi connectivity index (χ1v) is 11.0. The quantitative estimate of drug-likeness (QED) is 0.532. The van der Waals surface area contributed by atoms with Crippen LogP contribution in [0.3, 0.4) is 0 Å². The van der Waals surface area contributed by atoms with E-state index in [2.05, 4.69) is 20.3 Å². The molecule has 0 radical (unpaired) electrons. The predicted octanol–water partition coefficient (Wildman–Crippen LogP) is 1.17. The molecule has 9 heteroatoms. The Hall–Kier alpha value is -2.42. The molecule has 0 saturated heterocycles. The second-order valence-electron chi connectivity index (χ2n) is 6.97. The van der Waals surface area contributed by atoms with Crippen molar-refractivity contribution in [3.05, 3.63) is 29.8 Å². The third-order valence-corrected chi connectivity index (χ3v) is 5.73. The van der Waals surface area contributed by atoms with Crippen molar-refractivity contribution in [1.82, 2.24) is 15.4 Å². The van der Waals surface area contributed by atoms with Gasteiger partial charge in [0.25, 0.3) is 10.0 Å². The fourth-order valence-electron chi connectivity index (χ4n) is 2.73. The van der Waals surface area contributed by atoms with Gasteiger partial charge in [0.15, 0.2) is 0 Å². The number of carbonyl (C=O) groups is 2. The highest BCUT2D eigenvalue weighted by atomic mass is 32.2. The summed E-state index contributed by atoms with van der Waals surface area (Å²) in [4.78, 5) is 28.7. The molecular formula is C19H28N4O4S. The molecule has 2 rings (SSSR count). The van der Waals surface area contributed by atoms with Crippen LogP contribution in [0.15, 0.2) is 34.2 Å². The molecule has 1 unspecified atom stereocenters. The Kier molecular flexibility index (Phi) is 7.56. The molecule has 8 nitrogen and oxygen atoms in total. The molecule has 1 heterocycles. The number of nitrogens with one attached hydrogen (secondary N) is 3. The molecule has 2 amide bonds. The molecular weight excluding hydrogens is 380 g/mol. The minimum absolute atomic E-state index is 0.0750. The van der Waals surface area contributed by atoms with Gasteiger partial charge in [0.1, 0.15) is 11.9 Å². The van der Waals surface area contributed by atoms with Crippen LogP contribution in [0.1, 0.15) is 45.6 Å². The lowest BCUT2D eigenvalue weighted by molar-refractivity contribution is -0.125. The van der Waals surface area contributed by atoms with Gasteiger partial charge < -0.3 is 10.6 Å². The first kappa shape index (κ1) is 21.9. The zero-order chi connectivity index (χ0) is 20.7. The second-order valence-corrected chi connectivity index (χ2v) is 8.62. The third-order valence-electron chi connectivity index (χ3n) is 4.33. The Bertz CT molecular complexity index is 849. The Labute approximate surface area is 166 Å². The fourth-order valence-corrected chi connectivity index (χ4v) is 3.97. The topological polar surface area (TPSA) is 117 Å². The number of fused-ring (bicyclic) bond motifs is 1. The number of carbonyl (C=O) groups excluding carboxylic acids is 2. The van der Waals surface area contributed by atoms with Gasteiger partial charge in [-0.25, -0.2) is 8.42 Å². The third kappa shape index (κ3) is 5.54. The Morgan fingerprint density at radius 2 is 1.75 bits per heavy atom. The summed E-state index contributed by atoms with van der Waals surface area (Å²) < 4.78 is 26.9. The van der Waals surface area contributed by atoms with E-state index in [1.54, 1.807) is 32.0 Å². The first-order chi connectivity index (χ1) is 13.3. The number of amides is 2. The van der Waals surface area contributed by atoms with E-state index in [1.807, 2.05) is 6.92 Å². The molecule has 1 aliphatic rings. The van der Waals surface area contributed by atoms with E-state index < -0.39 is 16.1 Å². The number of aliphatic imine (C=N–C) groups is 1. The molecule has 28 heavy (non-hydrogen) atoms. The van der Waals surface area contributed by atoms with Gasteiger partial charge in [-0.3, -0.25) is 19.3 Å². The van der Waals surface area contributed by atoms with Gasteiger partial charge in [0.2, 0.25) is 11.8 Å². The minimum atomic E-state index is -3.65. The SMILES string of the molecule is CCCCC(N=C1NS(=O)(=O)c2ccccc21)C(=O)NCCNC(=O)C(C)C. The molecule has 1 aliphatic heterocycles. The predicted molar refractivity (Wildman–Crippen MR) is 107 cm³/mol. The van der Waals surface area contributed by atoms with Crippen molar-refractivity contribution < 1.29 is 18.0 Å². The van der Waals surface area contributed by atoms with Crippen LogP contribution < -0.4 is 15.4 Å². The largest absolute Gasteiger partial charge is 0.354 e. The first-order valence-electron chi connectivity index (χ1n) is 9.51. The zero-order valence-corrected chi connectivity index (χ0v) is 17.3. The standard InChI is InChI=1S/C19H28N4O4S/c1-4-5-9-15(19(25)21-12-11-20-18(24)13(2)3)22-17-14-8-6-7-10-16(14)28(26,27)23-17/h6-8,10,13,15H,4-5,9,11-12H2,1-3H3,(H,20,24)(H,21,25)(H,22,23). The Morgan fingerprint density at radius 3 is 2.39 bits per heavy atom. The maximum absolute atomic E-state index is 12.6. The summed E-state index contributed by atoms with van der Waals surface area (Å²) in [5.41, 5.74) is 0.473. The van der Waals surface area contributed by atoms with Crippen LogP contribution in [0.25, 0.3) is 0 Å². The van der Waals surface area contributed by atoms with Gasteiger partial charge in [-0.05, 0) is 18.6 Å². The summed E-state index contributed by atoms with van der Waals surface area (Å²) in [6.45, 7) is 6.22. The number of rotatable bonds is 9. The molecule has 0 saturated carbocycles. The normalized spacial score (nSPS) is 17.1. The van der Waals surface area contributed by atoms with Crippen molar-refractivity contribution in [1.29, 1.82) is 0 Å². The highest BCUT2D eigenvalue weighted by Crippen LogP contribution is 2.23. The van der Waals surface area contributed by atoms with E-state index >= 15 is 0 Å². The van der Waals surface area contributed by atoms with Crippen LogP contribution >= 0.6 is 0 Å². The maximum atomic E-state index is 12.6. The van der Waals surface area contributed by atoms with Crippen LogP contribution in [0.5, 0.6) is 0 Å². The fraction of sp³-hybridized carbons (Fsp3) is 0.526. The van der Waals surface area contributed by atoms with Crippen molar-refractivity contribution in [2.75, 3.05) is 13.1 Å². The van der Waals surface area contributed by atoms with Gasteiger partial charge in [0.05, 0.1) is 4.90 Å². The van der Waals surface area contributed by atoms with E-state index in [-0.39, 0.29) is 35.0 Å². The van der Waals surface area contributed by atoms with Crippen LogP contribution in [-0.4, -0.2) is 45.2 Å². The smallest absolute Gasteiger partial charge is 0.263 e. The maximum Gasteiger partial charge on any atom is 0.263 e. The summed E-state index contributed by atoms with van der Waals surface area (Å²) in [6.07, 6.45) is 2.18. The lowest BCUT2D eigenvalue weighted by Crippen LogP contribution is -2.40. The highest BCUT2D eigenvalue weighted by Gasteiger charge is 2.31. The summed E-state index contributed by atoms with van der Waals surface area (Å²) in [5.74, 6) is -0.285. The van der Waals surface area contributed by atoms with E-state index in [9.17, 15) is 18.0 Å². The molecule has 0 bridgehead atoms.